The summed E-state index contributed by atoms with van der Waals surface area (Å²) in [6.45, 7) is 5.28. The monoisotopic (exact) mass is 514 g/mol. The number of aromatic nitrogens is 6. The fourth-order valence-corrected chi connectivity index (χ4v) is 4.57. The molecule has 1 aliphatic rings. The van der Waals surface area contributed by atoms with Crippen molar-refractivity contribution in [1.29, 1.82) is 5.41 Å². The van der Waals surface area contributed by atoms with E-state index in [-0.39, 0.29) is 36.8 Å². The molecule has 10 nitrogen and oxygen atoms in total. The van der Waals surface area contributed by atoms with Crippen LogP contribution in [0.2, 0.25) is 0 Å². The maximum absolute atomic E-state index is 14.0. The molecule has 0 unspecified atom stereocenters. The third kappa shape index (κ3) is 4.68. The fraction of sp³-hybridized carbons (Fsp3) is 0.375. The topological polar surface area (TPSA) is 111 Å². The molecule has 37 heavy (non-hydrogen) atoms. The van der Waals surface area contributed by atoms with Crippen LogP contribution in [0, 0.1) is 5.41 Å². The highest BCUT2D eigenvalue weighted by molar-refractivity contribution is 5.99. The highest BCUT2D eigenvalue weighted by Crippen LogP contribution is 2.40. The first-order chi connectivity index (χ1) is 17.7. The summed E-state index contributed by atoms with van der Waals surface area (Å²) in [6, 6.07) is 3.34. The molecule has 3 aromatic heterocycles. The molecule has 194 valence electrons. The molecule has 1 aromatic carbocycles. The molecule has 1 amide bonds. The number of benzene rings is 1. The van der Waals surface area contributed by atoms with E-state index in [0.717, 1.165) is 0 Å². The van der Waals surface area contributed by atoms with Gasteiger partial charge in [0.15, 0.2) is 5.69 Å². The molecular weight excluding hydrogens is 489 g/mol. The van der Waals surface area contributed by atoms with E-state index in [4.69, 9.17) is 9.83 Å². The van der Waals surface area contributed by atoms with E-state index in [1.807, 2.05) is 6.92 Å². The van der Waals surface area contributed by atoms with Crippen LogP contribution in [-0.2, 0) is 38.8 Å². The van der Waals surface area contributed by atoms with Crippen LogP contribution in [0.15, 0.2) is 41.4 Å². The van der Waals surface area contributed by atoms with E-state index >= 15 is 0 Å². The Labute approximate surface area is 209 Å². The van der Waals surface area contributed by atoms with Crippen molar-refractivity contribution in [3.63, 3.8) is 0 Å². The molecular formula is C24H25F3N8O2. The minimum absolute atomic E-state index is 0.0668. The summed E-state index contributed by atoms with van der Waals surface area (Å²) >= 11 is 0. The number of fused-ring (bicyclic) bond motifs is 1. The maximum Gasteiger partial charge on any atom is 0.435 e. The first kappa shape index (κ1) is 24.5. The largest absolute Gasteiger partial charge is 0.435 e. The first-order valence-corrected chi connectivity index (χ1v) is 11.9. The normalized spacial score (nSPS) is 13.9. The van der Waals surface area contributed by atoms with Crippen LogP contribution < -0.4 is 5.68 Å². The van der Waals surface area contributed by atoms with Gasteiger partial charge in [-0.25, -0.2) is 0 Å². The summed E-state index contributed by atoms with van der Waals surface area (Å²) in [6.07, 6.45) is 1.76. The van der Waals surface area contributed by atoms with Crippen LogP contribution >= 0.6 is 0 Å². The summed E-state index contributed by atoms with van der Waals surface area (Å²) in [5.74, 6) is -0.296. The Morgan fingerprint density at radius 3 is 2.46 bits per heavy atom. The second-order valence-corrected chi connectivity index (χ2v) is 8.79. The molecule has 1 N–H and O–H groups in total. The van der Waals surface area contributed by atoms with E-state index < -0.39 is 11.9 Å². The van der Waals surface area contributed by atoms with Gasteiger partial charge in [0.1, 0.15) is 12.0 Å². The van der Waals surface area contributed by atoms with Crippen molar-refractivity contribution in [1.82, 2.24) is 34.2 Å². The van der Waals surface area contributed by atoms with Crippen molar-refractivity contribution < 1.29 is 22.4 Å². The zero-order chi connectivity index (χ0) is 26.3. The number of halogens is 3. The average Bonchev–Trinajstić information content (AvgIpc) is 3.60. The van der Waals surface area contributed by atoms with Gasteiger partial charge in [-0.3, -0.25) is 24.1 Å². The van der Waals surface area contributed by atoms with Crippen LogP contribution in [0.5, 0.6) is 0 Å². The fourth-order valence-electron chi connectivity index (χ4n) is 4.57. The number of hydrogen-bond acceptors (Lipinski definition) is 6. The van der Waals surface area contributed by atoms with Gasteiger partial charge in [-0.05, 0) is 49.1 Å². The highest BCUT2D eigenvalue weighted by atomic mass is 19.4. The summed E-state index contributed by atoms with van der Waals surface area (Å²) in [5, 5.41) is 19.8. The lowest BCUT2D eigenvalue weighted by atomic mass is 9.88. The zero-order valence-corrected chi connectivity index (χ0v) is 20.3. The molecule has 0 atom stereocenters. The van der Waals surface area contributed by atoms with Crippen LogP contribution in [0.4, 0.5) is 13.2 Å². The van der Waals surface area contributed by atoms with Crippen LogP contribution in [-0.4, -0.2) is 46.7 Å². The van der Waals surface area contributed by atoms with Crippen molar-refractivity contribution >= 4 is 5.91 Å². The van der Waals surface area contributed by atoms with Gasteiger partial charge in [0.25, 0.3) is 11.6 Å². The highest BCUT2D eigenvalue weighted by Gasteiger charge is 2.39. The lowest BCUT2D eigenvalue weighted by Gasteiger charge is -2.30. The van der Waals surface area contributed by atoms with Gasteiger partial charge in [0.05, 0.1) is 19.3 Å². The minimum atomic E-state index is -4.66. The second kappa shape index (κ2) is 9.37. The van der Waals surface area contributed by atoms with Gasteiger partial charge >= 0.3 is 6.18 Å². The molecule has 13 heteroatoms. The number of hydrogen-bond donors (Lipinski definition) is 1. The van der Waals surface area contributed by atoms with E-state index in [1.54, 1.807) is 41.0 Å². The van der Waals surface area contributed by atoms with E-state index in [0.29, 0.717) is 47.5 Å². The van der Waals surface area contributed by atoms with Crippen LogP contribution in [0.3, 0.4) is 0 Å². The number of oxazole rings is 1. The molecule has 0 saturated heterocycles. The molecule has 0 bridgehead atoms. The third-order valence-corrected chi connectivity index (χ3v) is 6.40. The summed E-state index contributed by atoms with van der Waals surface area (Å²) in [7, 11) is 0. The zero-order valence-electron chi connectivity index (χ0n) is 20.3. The molecule has 0 radical (unpaired) electrons. The Kier molecular flexibility index (Phi) is 6.21. The molecule has 0 spiro atoms. The Morgan fingerprint density at radius 1 is 1.05 bits per heavy atom. The standard InChI is InChI=1S/C24H25F3N8O2/c1-3-34-14-20(21(30-34)24(25,26)27)18-9-15(11-33-7-8-37-23(33)28)10-19-17(18)5-6-32(22(19)36)12-16-13-35(4-2)31-29-16/h7-10,13-14,28H,3-6,11-12H2,1-2H3. The maximum atomic E-state index is 14.0. The second-order valence-electron chi connectivity index (χ2n) is 8.79. The summed E-state index contributed by atoms with van der Waals surface area (Å²) in [4.78, 5) is 15.2. The Balaban J connectivity index is 1.62. The van der Waals surface area contributed by atoms with Crippen LogP contribution in [0.1, 0.15) is 46.7 Å². The molecule has 4 aromatic rings. The number of rotatable bonds is 7. The summed E-state index contributed by atoms with van der Waals surface area (Å²) < 4.78 is 51.4. The van der Waals surface area contributed by atoms with Gasteiger partial charge in [0, 0.05) is 43.2 Å². The predicted molar refractivity (Wildman–Crippen MR) is 124 cm³/mol. The predicted octanol–water partition coefficient (Wildman–Crippen LogP) is 3.32. The summed E-state index contributed by atoms with van der Waals surface area (Å²) in [5.41, 5.74) is 1.23. The van der Waals surface area contributed by atoms with E-state index in [1.165, 1.54) is 21.7 Å². The van der Waals surface area contributed by atoms with Crippen molar-refractivity contribution in [2.45, 2.75) is 52.6 Å². The van der Waals surface area contributed by atoms with Gasteiger partial charge < -0.3 is 9.32 Å². The van der Waals surface area contributed by atoms with Crippen LogP contribution in [0.25, 0.3) is 11.1 Å². The number of nitrogens with one attached hydrogen (secondary N) is 1. The molecule has 0 saturated carbocycles. The van der Waals surface area contributed by atoms with E-state index in [9.17, 15) is 18.0 Å². The van der Waals surface area contributed by atoms with Crippen molar-refractivity contribution in [3.05, 3.63) is 70.7 Å². The minimum Gasteiger partial charge on any atom is -0.432 e. The van der Waals surface area contributed by atoms with Crippen molar-refractivity contribution in [2.24, 2.45) is 0 Å². The third-order valence-electron chi connectivity index (χ3n) is 6.40. The Morgan fingerprint density at radius 2 is 1.81 bits per heavy atom. The first-order valence-electron chi connectivity index (χ1n) is 11.9. The van der Waals surface area contributed by atoms with Gasteiger partial charge in [-0.2, -0.15) is 18.3 Å². The van der Waals surface area contributed by atoms with Gasteiger partial charge in [-0.15, -0.1) is 5.10 Å². The van der Waals surface area contributed by atoms with Gasteiger partial charge in [-0.1, -0.05) is 5.21 Å². The quantitative estimate of drug-likeness (QED) is 0.407. The Bertz CT molecular complexity index is 1510. The van der Waals surface area contributed by atoms with Gasteiger partial charge in [0.2, 0.25) is 0 Å². The average molecular weight is 515 g/mol. The SMILES string of the molecule is CCn1cc(CN2CCc3c(cc(Cn4ccoc4=N)cc3-c3cn(CC)nc3C(F)(F)F)C2=O)nn1. The molecule has 5 rings (SSSR count). The lowest BCUT2D eigenvalue weighted by molar-refractivity contribution is -0.141. The lowest BCUT2D eigenvalue weighted by Crippen LogP contribution is -2.37. The van der Waals surface area contributed by atoms with E-state index in [2.05, 4.69) is 15.4 Å². The number of carbonyl (C=O) groups excluding carboxylic acids is 1. The molecule has 0 aliphatic carbocycles. The number of alkyl halides is 3. The number of nitrogens with zero attached hydrogens (tertiary/aromatic N) is 7. The van der Waals surface area contributed by atoms with Crippen molar-refractivity contribution in [3.8, 4) is 11.1 Å². The number of aryl methyl sites for hydroxylation is 2. The molecule has 4 heterocycles. The molecule has 0 fully saturated rings. The van der Waals surface area contributed by atoms with Crippen molar-refractivity contribution in [2.75, 3.05) is 6.54 Å². The number of amides is 1. The number of carbonyl (C=O) groups is 1. The smallest absolute Gasteiger partial charge is 0.432 e. The molecule has 1 aliphatic heterocycles. The Hall–Kier alpha value is -4.16.